The van der Waals surface area contributed by atoms with Crippen LogP contribution in [-0.4, -0.2) is 65.4 Å². The Morgan fingerprint density at radius 3 is 2.94 bits per heavy atom. The number of nitrogens with one attached hydrogen (secondary N) is 2. The number of anilines is 2. The van der Waals surface area contributed by atoms with Crippen molar-refractivity contribution in [1.82, 2.24) is 14.8 Å². The van der Waals surface area contributed by atoms with Crippen LogP contribution in [0.5, 0.6) is 0 Å². The van der Waals surface area contributed by atoms with Gasteiger partial charge >= 0.3 is 0 Å². The standard InChI is InChI=1S/C20H27N7O4/c1-12(2)9-27-10-14(17(26-27)18(21)28)24-19(29)15-11-31-20(25-15)13-4-5-22-16(8-13)23-6-7-30-3/h4-5,8,10,12,15H,6-7,9,11H2,1-3H3,(H2,21,28)(H,22,23)(H,24,29). The van der Waals surface area contributed by atoms with Crippen molar-refractivity contribution < 1.29 is 19.1 Å². The number of nitrogens with two attached hydrogens (primary N) is 1. The molecule has 11 heteroatoms. The number of methoxy groups -OCH3 is 1. The Morgan fingerprint density at radius 2 is 2.23 bits per heavy atom. The first-order valence-corrected chi connectivity index (χ1v) is 9.95. The molecule has 1 aliphatic heterocycles. The Kier molecular flexibility index (Phi) is 7.19. The van der Waals surface area contributed by atoms with E-state index < -0.39 is 17.9 Å². The molecule has 166 valence electrons. The highest BCUT2D eigenvalue weighted by Crippen LogP contribution is 2.18. The average molecular weight is 429 g/mol. The van der Waals surface area contributed by atoms with Crippen molar-refractivity contribution in [3.63, 3.8) is 0 Å². The fourth-order valence-corrected chi connectivity index (χ4v) is 2.99. The molecule has 2 aromatic heterocycles. The Labute approximate surface area is 180 Å². The molecule has 2 amide bonds. The van der Waals surface area contributed by atoms with E-state index in [9.17, 15) is 9.59 Å². The number of ether oxygens (including phenoxy) is 2. The van der Waals surface area contributed by atoms with Gasteiger partial charge in [0.15, 0.2) is 11.7 Å². The highest BCUT2D eigenvalue weighted by Gasteiger charge is 2.28. The van der Waals surface area contributed by atoms with E-state index in [4.69, 9.17) is 15.2 Å². The van der Waals surface area contributed by atoms with E-state index in [-0.39, 0.29) is 18.0 Å². The number of primary amides is 1. The summed E-state index contributed by atoms with van der Waals surface area (Å²) in [6, 6.07) is 2.78. The molecule has 4 N–H and O–H groups in total. The lowest BCUT2D eigenvalue weighted by molar-refractivity contribution is -0.117. The van der Waals surface area contributed by atoms with Gasteiger partial charge in [-0.05, 0) is 18.1 Å². The smallest absolute Gasteiger partial charge is 0.271 e. The Balaban J connectivity index is 1.70. The quantitative estimate of drug-likeness (QED) is 0.475. The highest BCUT2D eigenvalue weighted by atomic mass is 16.5. The van der Waals surface area contributed by atoms with Gasteiger partial charge in [-0.3, -0.25) is 14.3 Å². The molecule has 3 heterocycles. The number of aromatic nitrogens is 3. The number of hydrogen-bond acceptors (Lipinski definition) is 8. The van der Waals surface area contributed by atoms with E-state index in [1.54, 1.807) is 36.3 Å². The molecule has 11 nitrogen and oxygen atoms in total. The third-order valence-electron chi connectivity index (χ3n) is 4.38. The van der Waals surface area contributed by atoms with E-state index in [1.807, 2.05) is 13.8 Å². The van der Waals surface area contributed by atoms with Crippen molar-refractivity contribution in [2.45, 2.75) is 26.4 Å². The summed E-state index contributed by atoms with van der Waals surface area (Å²) in [4.78, 5) is 33.0. The van der Waals surface area contributed by atoms with E-state index in [0.29, 0.717) is 42.9 Å². The lowest BCUT2D eigenvalue weighted by Gasteiger charge is -2.06. The SMILES string of the molecule is COCCNc1cc(C2=NC(C(=O)Nc3cn(CC(C)C)nc3C(N)=O)CO2)ccn1. The van der Waals surface area contributed by atoms with Crippen LogP contribution in [0.25, 0.3) is 0 Å². The summed E-state index contributed by atoms with van der Waals surface area (Å²) in [5.74, 6) is 0.193. The molecular formula is C20H27N7O4. The zero-order valence-electron chi connectivity index (χ0n) is 17.8. The minimum absolute atomic E-state index is 0.0121. The van der Waals surface area contributed by atoms with Gasteiger partial charge in [0.2, 0.25) is 5.90 Å². The molecule has 0 saturated carbocycles. The largest absolute Gasteiger partial charge is 0.475 e. The topological polar surface area (TPSA) is 146 Å². The zero-order chi connectivity index (χ0) is 22.4. The molecule has 2 aromatic rings. The predicted octanol–water partition coefficient (Wildman–Crippen LogP) is 0.875. The monoisotopic (exact) mass is 429 g/mol. The van der Waals surface area contributed by atoms with Gasteiger partial charge in [0.05, 0.1) is 12.3 Å². The average Bonchev–Trinajstić information content (AvgIpc) is 3.35. The van der Waals surface area contributed by atoms with Gasteiger partial charge in [0.1, 0.15) is 12.4 Å². The minimum atomic E-state index is -0.762. The maximum absolute atomic E-state index is 12.7. The second-order valence-electron chi connectivity index (χ2n) is 7.47. The van der Waals surface area contributed by atoms with Gasteiger partial charge in [-0.15, -0.1) is 0 Å². The van der Waals surface area contributed by atoms with Crippen molar-refractivity contribution >= 4 is 29.2 Å². The maximum Gasteiger partial charge on any atom is 0.271 e. The second kappa shape index (κ2) is 10.0. The van der Waals surface area contributed by atoms with Gasteiger partial charge < -0.3 is 25.8 Å². The molecule has 1 unspecified atom stereocenters. The molecule has 0 spiro atoms. The number of rotatable bonds is 10. The van der Waals surface area contributed by atoms with Crippen molar-refractivity contribution in [2.75, 3.05) is 37.5 Å². The van der Waals surface area contributed by atoms with Crippen LogP contribution in [0.15, 0.2) is 29.5 Å². The van der Waals surface area contributed by atoms with Crippen molar-refractivity contribution in [1.29, 1.82) is 0 Å². The highest BCUT2D eigenvalue weighted by molar-refractivity contribution is 6.05. The summed E-state index contributed by atoms with van der Waals surface area (Å²) >= 11 is 0. The third-order valence-corrected chi connectivity index (χ3v) is 4.38. The maximum atomic E-state index is 12.7. The van der Waals surface area contributed by atoms with Crippen LogP contribution in [0.2, 0.25) is 0 Å². The summed E-state index contributed by atoms with van der Waals surface area (Å²) in [6.45, 7) is 5.88. The summed E-state index contributed by atoms with van der Waals surface area (Å²) in [5.41, 5.74) is 6.38. The first-order chi connectivity index (χ1) is 14.9. The van der Waals surface area contributed by atoms with E-state index in [1.165, 1.54) is 0 Å². The number of pyridine rings is 1. The summed E-state index contributed by atoms with van der Waals surface area (Å²) < 4.78 is 12.2. The first-order valence-electron chi connectivity index (χ1n) is 9.95. The zero-order valence-corrected chi connectivity index (χ0v) is 17.8. The van der Waals surface area contributed by atoms with E-state index in [0.717, 1.165) is 0 Å². The van der Waals surface area contributed by atoms with Gasteiger partial charge in [-0.1, -0.05) is 13.8 Å². The number of amides is 2. The summed E-state index contributed by atoms with van der Waals surface area (Å²) in [6.07, 6.45) is 3.23. The van der Waals surface area contributed by atoms with Crippen LogP contribution in [0.1, 0.15) is 29.9 Å². The number of carbonyl (C=O) groups is 2. The number of aliphatic imine (C=N–C) groups is 1. The van der Waals surface area contributed by atoms with Gasteiger partial charge in [0, 0.05) is 38.2 Å². The Morgan fingerprint density at radius 1 is 1.42 bits per heavy atom. The van der Waals surface area contributed by atoms with Gasteiger partial charge in [0.25, 0.3) is 11.8 Å². The molecule has 1 atom stereocenters. The first kappa shape index (κ1) is 22.2. The van der Waals surface area contributed by atoms with Crippen molar-refractivity contribution in [3.8, 4) is 0 Å². The Hall–Kier alpha value is -3.47. The number of hydrogen-bond donors (Lipinski definition) is 3. The van der Waals surface area contributed by atoms with Crippen molar-refractivity contribution in [3.05, 3.63) is 35.8 Å². The van der Waals surface area contributed by atoms with Crippen LogP contribution in [0.3, 0.4) is 0 Å². The number of nitrogens with zero attached hydrogens (tertiary/aromatic N) is 4. The van der Waals surface area contributed by atoms with Crippen LogP contribution >= 0.6 is 0 Å². The molecule has 0 fully saturated rings. The van der Waals surface area contributed by atoms with Crippen LogP contribution in [0.4, 0.5) is 11.5 Å². The van der Waals surface area contributed by atoms with Gasteiger partial charge in [-0.2, -0.15) is 5.10 Å². The fraction of sp³-hybridized carbons (Fsp3) is 0.450. The summed E-state index contributed by atoms with van der Waals surface area (Å²) in [5, 5.41) is 10.00. The molecular weight excluding hydrogens is 402 g/mol. The second-order valence-corrected chi connectivity index (χ2v) is 7.47. The van der Waals surface area contributed by atoms with Crippen LogP contribution < -0.4 is 16.4 Å². The minimum Gasteiger partial charge on any atom is -0.475 e. The molecule has 0 aromatic carbocycles. The molecule has 3 rings (SSSR count). The molecule has 0 aliphatic carbocycles. The predicted molar refractivity (Wildman–Crippen MR) is 115 cm³/mol. The van der Waals surface area contributed by atoms with Crippen LogP contribution in [0, 0.1) is 5.92 Å². The molecule has 0 saturated heterocycles. The lowest BCUT2D eigenvalue weighted by atomic mass is 10.2. The normalized spacial score (nSPS) is 15.5. The molecule has 0 bridgehead atoms. The molecule has 0 radical (unpaired) electrons. The number of carbonyl (C=O) groups excluding carboxylic acids is 2. The molecule has 1 aliphatic rings. The third kappa shape index (κ3) is 5.79. The van der Waals surface area contributed by atoms with Gasteiger partial charge in [-0.25, -0.2) is 9.98 Å². The fourth-order valence-electron chi connectivity index (χ4n) is 2.99. The summed E-state index contributed by atoms with van der Waals surface area (Å²) in [7, 11) is 1.62. The molecule has 31 heavy (non-hydrogen) atoms. The Bertz CT molecular complexity index is 970. The van der Waals surface area contributed by atoms with Crippen molar-refractivity contribution in [2.24, 2.45) is 16.6 Å². The van der Waals surface area contributed by atoms with E-state index in [2.05, 4.69) is 25.7 Å². The van der Waals surface area contributed by atoms with Crippen LogP contribution in [-0.2, 0) is 20.8 Å². The lowest BCUT2D eigenvalue weighted by Crippen LogP contribution is -2.28. The van der Waals surface area contributed by atoms with E-state index >= 15 is 0 Å².